The number of benzene rings is 1. The van der Waals surface area contributed by atoms with Crippen molar-refractivity contribution < 1.29 is 4.74 Å². The van der Waals surface area contributed by atoms with Crippen LogP contribution in [0.15, 0.2) is 12.1 Å². The van der Waals surface area contributed by atoms with Gasteiger partial charge >= 0.3 is 0 Å². The van der Waals surface area contributed by atoms with E-state index in [9.17, 15) is 0 Å². The Kier molecular flexibility index (Phi) is 5.29. The van der Waals surface area contributed by atoms with Crippen LogP contribution in [-0.2, 0) is 0 Å². The van der Waals surface area contributed by atoms with Crippen LogP contribution in [0.1, 0.15) is 42.0 Å². The van der Waals surface area contributed by atoms with Crippen LogP contribution in [0.5, 0.6) is 5.75 Å². The zero-order chi connectivity index (χ0) is 11.5. The molecule has 0 aromatic heterocycles. The molecule has 0 spiro atoms. The second-order valence-corrected chi connectivity index (χ2v) is 4.69. The molecule has 1 N–H and O–H groups in total. The van der Waals surface area contributed by atoms with E-state index in [0.717, 1.165) is 12.3 Å². The topological polar surface area (TPSA) is 21.3 Å². The lowest BCUT2D eigenvalue weighted by atomic mass is 9.94. The van der Waals surface area contributed by atoms with E-state index in [1.807, 2.05) is 0 Å². The lowest BCUT2D eigenvalue weighted by Gasteiger charge is -2.25. The smallest absolute Gasteiger partial charge is 0.124 e. The highest BCUT2D eigenvalue weighted by Gasteiger charge is 2.16. The highest BCUT2D eigenvalue weighted by Crippen LogP contribution is 2.30. The van der Waals surface area contributed by atoms with E-state index in [2.05, 4.69) is 31.3 Å². The molecule has 0 amide bonds. The van der Waals surface area contributed by atoms with E-state index in [1.165, 1.54) is 36.0 Å². The molecule has 1 fully saturated rings. The minimum absolute atomic E-state index is 0. The van der Waals surface area contributed by atoms with Crippen LogP contribution < -0.4 is 10.1 Å². The number of aryl methyl sites for hydroxylation is 2. The van der Waals surface area contributed by atoms with E-state index in [-0.39, 0.29) is 12.4 Å². The normalized spacial score (nSPS) is 19.6. The Morgan fingerprint density at radius 2 is 1.82 bits per heavy atom. The van der Waals surface area contributed by atoms with Gasteiger partial charge in [-0.15, -0.1) is 12.4 Å². The van der Waals surface area contributed by atoms with Gasteiger partial charge in [0.25, 0.3) is 0 Å². The quantitative estimate of drug-likeness (QED) is 0.873. The zero-order valence-electron chi connectivity index (χ0n) is 10.9. The summed E-state index contributed by atoms with van der Waals surface area (Å²) in [5.41, 5.74) is 3.89. The van der Waals surface area contributed by atoms with Crippen molar-refractivity contribution in [2.45, 2.75) is 39.2 Å². The second-order valence-electron chi connectivity index (χ2n) is 4.69. The molecule has 0 unspecified atom stereocenters. The number of hydrogen-bond acceptors (Lipinski definition) is 2. The summed E-state index contributed by atoms with van der Waals surface area (Å²) in [5.74, 6) is 1.03. The van der Waals surface area contributed by atoms with Crippen molar-refractivity contribution in [1.82, 2.24) is 5.32 Å². The van der Waals surface area contributed by atoms with Gasteiger partial charge in [0.15, 0.2) is 0 Å². The SMILES string of the molecule is COc1c(C)cc([C@@H]2CCCCN2)cc1C.Cl. The van der Waals surface area contributed by atoms with E-state index in [1.54, 1.807) is 7.11 Å². The number of halogens is 1. The first-order chi connectivity index (χ1) is 7.72. The van der Waals surface area contributed by atoms with E-state index in [4.69, 9.17) is 4.74 Å². The summed E-state index contributed by atoms with van der Waals surface area (Å²) in [7, 11) is 1.74. The number of ether oxygens (including phenoxy) is 1. The van der Waals surface area contributed by atoms with Crippen LogP contribution in [0.3, 0.4) is 0 Å². The Balaban J connectivity index is 0.00000144. The third-order valence-electron chi connectivity index (χ3n) is 3.40. The van der Waals surface area contributed by atoms with Gasteiger partial charge < -0.3 is 10.1 Å². The first-order valence-electron chi connectivity index (χ1n) is 6.11. The summed E-state index contributed by atoms with van der Waals surface area (Å²) in [4.78, 5) is 0. The molecule has 1 heterocycles. The average Bonchev–Trinajstić information content (AvgIpc) is 2.30. The minimum Gasteiger partial charge on any atom is -0.496 e. The van der Waals surface area contributed by atoms with Crippen molar-refractivity contribution in [3.8, 4) is 5.75 Å². The largest absolute Gasteiger partial charge is 0.496 e. The molecule has 1 aromatic rings. The van der Waals surface area contributed by atoms with Gasteiger partial charge in [0, 0.05) is 6.04 Å². The fourth-order valence-electron chi connectivity index (χ4n) is 2.64. The van der Waals surface area contributed by atoms with Crippen molar-refractivity contribution in [2.24, 2.45) is 0 Å². The van der Waals surface area contributed by atoms with Gasteiger partial charge in [0.1, 0.15) is 5.75 Å². The van der Waals surface area contributed by atoms with Crippen LogP contribution in [-0.4, -0.2) is 13.7 Å². The molecule has 1 saturated heterocycles. The Bertz CT molecular complexity index is 349. The number of hydrogen-bond donors (Lipinski definition) is 1. The fourth-order valence-corrected chi connectivity index (χ4v) is 2.64. The maximum atomic E-state index is 5.40. The summed E-state index contributed by atoms with van der Waals surface area (Å²) in [6.07, 6.45) is 3.90. The first kappa shape index (κ1) is 14.3. The molecule has 1 aliphatic heterocycles. The van der Waals surface area contributed by atoms with Gasteiger partial charge in [-0.25, -0.2) is 0 Å². The van der Waals surface area contributed by atoms with Gasteiger partial charge in [0.2, 0.25) is 0 Å². The number of rotatable bonds is 2. The standard InChI is InChI=1S/C14H21NO.ClH/c1-10-8-12(9-11(2)14(10)16-3)13-6-4-5-7-15-13;/h8-9,13,15H,4-7H2,1-3H3;1H/t13-;/m0./s1. The summed E-state index contributed by atoms with van der Waals surface area (Å²) in [6.45, 7) is 5.39. The zero-order valence-corrected chi connectivity index (χ0v) is 11.7. The number of nitrogens with one attached hydrogen (secondary N) is 1. The molecule has 2 rings (SSSR count). The van der Waals surface area contributed by atoms with Gasteiger partial charge in [-0.1, -0.05) is 18.6 Å². The Morgan fingerprint density at radius 1 is 1.18 bits per heavy atom. The molecule has 1 aliphatic rings. The molecule has 0 bridgehead atoms. The molecule has 1 atom stereocenters. The number of methoxy groups -OCH3 is 1. The van der Waals surface area contributed by atoms with E-state index in [0.29, 0.717) is 6.04 Å². The molecular formula is C14H22ClNO. The maximum Gasteiger partial charge on any atom is 0.124 e. The van der Waals surface area contributed by atoms with Crippen molar-refractivity contribution in [3.05, 3.63) is 28.8 Å². The van der Waals surface area contributed by atoms with Crippen LogP contribution in [0, 0.1) is 13.8 Å². The molecule has 96 valence electrons. The first-order valence-corrected chi connectivity index (χ1v) is 6.11. The van der Waals surface area contributed by atoms with Crippen LogP contribution in [0.4, 0.5) is 0 Å². The molecule has 0 aliphatic carbocycles. The molecule has 1 aromatic carbocycles. The highest BCUT2D eigenvalue weighted by molar-refractivity contribution is 5.85. The Morgan fingerprint density at radius 3 is 2.29 bits per heavy atom. The predicted octanol–water partition coefficient (Wildman–Crippen LogP) is 3.55. The lowest BCUT2D eigenvalue weighted by molar-refractivity contribution is 0.401. The van der Waals surface area contributed by atoms with Crippen LogP contribution in [0.2, 0.25) is 0 Å². The lowest BCUT2D eigenvalue weighted by Crippen LogP contribution is -2.26. The predicted molar refractivity (Wildman–Crippen MR) is 74.3 cm³/mol. The highest BCUT2D eigenvalue weighted by atomic mass is 35.5. The van der Waals surface area contributed by atoms with Crippen LogP contribution >= 0.6 is 12.4 Å². The van der Waals surface area contributed by atoms with Gasteiger partial charge in [0.05, 0.1) is 7.11 Å². The minimum atomic E-state index is 0. The summed E-state index contributed by atoms with van der Waals surface area (Å²) in [5, 5.41) is 3.59. The van der Waals surface area contributed by atoms with Crippen molar-refractivity contribution in [1.29, 1.82) is 0 Å². The fraction of sp³-hybridized carbons (Fsp3) is 0.571. The molecule has 2 nitrogen and oxygen atoms in total. The molecule has 0 radical (unpaired) electrons. The maximum absolute atomic E-state index is 5.40. The third kappa shape index (κ3) is 3.14. The van der Waals surface area contributed by atoms with Gasteiger partial charge in [-0.2, -0.15) is 0 Å². The molecule has 3 heteroatoms. The van der Waals surface area contributed by atoms with Crippen molar-refractivity contribution in [3.63, 3.8) is 0 Å². The van der Waals surface area contributed by atoms with Crippen LogP contribution in [0.25, 0.3) is 0 Å². The average molecular weight is 256 g/mol. The van der Waals surface area contributed by atoms with E-state index >= 15 is 0 Å². The number of piperidine rings is 1. The summed E-state index contributed by atoms with van der Waals surface area (Å²) < 4.78 is 5.40. The summed E-state index contributed by atoms with van der Waals surface area (Å²) >= 11 is 0. The Labute approximate surface area is 110 Å². The van der Waals surface area contributed by atoms with E-state index < -0.39 is 0 Å². The van der Waals surface area contributed by atoms with Crippen molar-refractivity contribution >= 4 is 12.4 Å². The molecule has 17 heavy (non-hydrogen) atoms. The third-order valence-corrected chi connectivity index (χ3v) is 3.40. The molecular weight excluding hydrogens is 234 g/mol. The molecule has 0 saturated carbocycles. The van der Waals surface area contributed by atoms with Gasteiger partial charge in [-0.05, 0) is 49.9 Å². The summed E-state index contributed by atoms with van der Waals surface area (Å²) in [6, 6.07) is 5.06. The monoisotopic (exact) mass is 255 g/mol. The van der Waals surface area contributed by atoms with Crippen molar-refractivity contribution in [2.75, 3.05) is 13.7 Å². The Hall–Kier alpha value is -0.730. The van der Waals surface area contributed by atoms with Gasteiger partial charge in [-0.3, -0.25) is 0 Å². The second kappa shape index (κ2) is 6.27.